The molecule has 9 nitrogen and oxygen atoms in total. The van der Waals surface area contributed by atoms with Crippen molar-refractivity contribution in [3.05, 3.63) is 11.9 Å². The van der Waals surface area contributed by atoms with Gasteiger partial charge in [0.05, 0.1) is 17.9 Å². The summed E-state index contributed by atoms with van der Waals surface area (Å²) in [5.74, 6) is -0.324. The van der Waals surface area contributed by atoms with Crippen LogP contribution in [0, 0.1) is 12.2 Å². The van der Waals surface area contributed by atoms with E-state index in [9.17, 15) is 9.59 Å². The molecule has 4 N–H and O–H groups in total. The topological polar surface area (TPSA) is 120 Å². The molecule has 1 fully saturated rings. The number of likely N-dealkylation sites (tertiary alicyclic amines) is 1. The van der Waals surface area contributed by atoms with Crippen molar-refractivity contribution in [1.82, 2.24) is 20.4 Å². The molecule has 0 atom stereocenters. The summed E-state index contributed by atoms with van der Waals surface area (Å²) in [4.78, 5) is 26.0. The third kappa shape index (κ3) is 5.31. The van der Waals surface area contributed by atoms with Crippen molar-refractivity contribution in [2.24, 2.45) is 0 Å². The first kappa shape index (κ1) is 18.4. The second-order valence-electron chi connectivity index (χ2n) is 6.74. The quantitative estimate of drug-likeness (QED) is 0.481. The number of nitrogens with one attached hydrogen (secondary N) is 3. The first-order chi connectivity index (χ1) is 11.8. The number of aromatic nitrogens is 2. The van der Waals surface area contributed by atoms with E-state index in [0.29, 0.717) is 31.6 Å². The molecule has 0 saturated carbocycles. The molecule has 1 saturated heterocycles. The van der Waals surface area contributed by atoms with E-state index in [1.807, 2.05) is 20.8 Å². The third-order valence-corrected chi connectivity index (χ3v) is 3.60. The molecule has 136 valence electrons. The number of H-pyrrole nitrogens is 1. The molecule has 25 heavy (non-hydrogen) atoms. The highest BCUT2D eigenvalue weighted by Crippen LogP contribution is 2.17. The molecule has 0 unspecified atom stereocenters. The van der Waals surface area contributed by atoms with Crippen LogP contribution in [0.25, 0.3) is 0 Å². The lowest BCUT2D eigenvalue weighted by molar-refractivity contribution is 0.0199. The number of aliphatic hydroxyl groups excluding tert-OH is 1. The molecule has 2 amide bonds. The molecule has 1 aromatic rings. The van der Waals surface area contributed by atoms with Gasteiger partial charge in [-0.1, -0.05) is 0 Å². The number of amides is 2. The van der Waals surface area contributed by atoms with E-state index in [4.69, 9.17) is 9.84 Å². The number of piperidine rings is 1. The zero-order chi connectivity index (χ0) is 18.4. The molecule has 2 rings (SSSR count). The Balaban J connectivity index is 1.85. The molecule has 0 bridgehead atoms. The Labute approximate surface area is 146 Å². The molecule has 1 aromatic heterocycles. The van der Waals surface area contributed by atoms with E-state index in [1.54, 1.807) is 11.0 Å². The standard InChI is InChI=1S/C16H23N5O4/c1-16(2,3)25-15(24)21-7-4-11(5-8-21)19-14(23)13-12(10-18-20-13)17-6-9-22/h10-11,17,22H,4-5,7-8H2,1-3H3,(H,18,20)(H,19,23). The molecule has 1 aliphatic rings. The Hall–Kier alpha value is -2.89. The zero-order valence-electron chi connectivity index (χ0n) is 14.5. The largest absolute Gasteiger partial charge is 0.461 e. The van der Waals surface area contributed by atoms with Crippen molar-refractivity contribution >= 4 is 17.7 Å². The van der Waals surface area contributed by atoms with Crippen LogP contribution in [0.2, 0.25) is 0 Å². The van der Waals surface area contributed by atoms with Gasteiger partial charge in [0.25, 0.3) is 5.91 Å². The minimum absolute atomic E-state index is 0.0498. The van der Waals surface area contributed by atoms with Gasteiger partial charge in [-0.25, -0.2) is 4.79 Å². The van der Waals surface area contributed by atoms with Crippen LogP contribution in [0.5, 0.6) is 0 Å². The van der Waals surface area contributed by atoms with Crippen molar-refractivity contribution in [2.45, 2.75) is 45.3 Å². The highest BCUT2D eigenvalue weighted by Gasteiger charge is 2.28. The number of aromatic amines is 1. The zero-order valence-corrected chi connectivity index (χ0v) is 14.5. The Kier molecular flexibility index (Phi) is 5.75. The van der Waals surface area contributed by atoms with E-state index >= 15 is 0 Å². The lowest BCUT2D eigenvalue weighted by Crippen LogP contribution is -2.47. The monoisotopic (exact) mass is 349 g/mol. The molecule has 0 aliphatic carbocycles. The molecule has 2 heterocycles. The summed E-state index contributed by atoms with van der Waals surface area (Å²) in [6.45, 7) is 6.52. The summed E-state index contributed by atoms with van der Waals surface area (Å²) < 4.78 is 5.35. The van der Waals surface area contributed by atoms with Crippen molar-refractivity contribution in [3.8, 4) is 12.2 Å². The number of hydrogen-bond donors (Lipinski definition) is 4. The summed E-state index contributed by atoms with van der Waals surface area (Å²) in [7, 11) is 0. The van der Waals surface area contributed by atoms with Gasteiger partial charge in [0.2, 0.25) is 0 Å². The van der Waals surface area contributed by atoms with Crippen LogP contribution in [0.4, 0.5) is 10.5 Å². The van der Waals surface area contributed by atoms with Crippen LogP contribution < -0.4 is 10.6 Å². The predicted octanol–water partition coefficient (Wildman–Crippen LogP) is 1.24. The number of carbonyl (C=O) groups excluding carboxylic acids is 2. The van der Waals surface area contributed by atoms with Gasteiger partial charge in [-0.2, -0.15) is 5.10 Å². The minimum atomic E-state index is -0.524. The molecule has 0 spiro atoms. The Morgan fingerprint density at radius 2 is 2.08 bits per heavy atom. The lowest BCUT2D eigenvalue weighted by Gasteiger charge is -2.33. The Morgan fingerprint density at radius 1 is 1.40 bits per heavy atom. The SMILES string of the molecule is CC(C)(C)OC(=O)N1CCC(NC(=O)c2[nH]ncc2NC#CO)CC1. The van der Waals surface area contributed by atoms with Gasteiger partial charge < -0.3 is 25.4 Å². The van der Waals surface area contributed by atoms with E-state index in [1.165, 1.54) is 6.20 Å². The Morgan fingerprint density at radius 3 is 2.68 bits per heavy atom. The number of anilines is 1. The van der Waals surface area contributed by atoms with E-state index in [2.05, 4.69) is 26.9 Å². The van der Waals surface area contributed by atoms with E-state index in [-0.39, 0.29) is 23.7 Å². The number of aliphatic hydroxyl groups is 1. The van der Waals surface area contributed by atoms with Gasteiger partial charge in [0.1, 0.15) is 17.4 Å². The summed E-state index contributed by atoms with van der Waals surface area (Å²) in [6.07, 6.45) is 4.05. The van der Waals surface area contributed by atoms with Crippen LogP contribution in [-0.2, 0) is 4.74 Å². The molecular formula is C16H23N5O4. The summed E-state index contributed by atoms with van der Waals surface area (Å²) >= 11 is 0. The highest BCUT2D eigenvalue weighted by atomic mass is 16.6. The number of nitrogens with zero attached hydrogens (tertiary/aromatic N) is 2. The first-order valence-electron chi connectivity index (χ1n) is 8.02. The molecule has 0 aromatic carbocycles. The van der Waals surface area contributed by atoms with Crippen molar-refractivity contribution in [2.75, 3.05) is 18.4 Å². The fourth-order valence-electron chi connectivity index (χ4n) is 2.44. The number of ether oxygens (including phenoxy) is 1. The smallest absolute Gasteiger partial charge is 0.410 e. The molecular weight excluding hydrogens is 326 g/mol. The van der Waals surface area contributed by atoms with Crippen molar-refractivity contribution < 1.29 is 19.4 Å². The molecule has 1 aliphatic heterocycles. The van der Waals surface area contributed by atoms with Crippen LogP contribution in [0.1, 0.15) is 44.1 Å². The van der Waals surface area contributed by atoms with Gasteiger partial charge >= 0.3 is 6.09 Å². The summed E-state index contributed by atoms with van der Waals surface area (Å²) in [6, 6.07) is 2.19. The summed E-state index contributed by atoms with van der Waals surface area (Å²) in [5, 5.41) is 20.4. The Bertz CT molecular complexity index is 675. The fourth-order valence-corrected chi connectivity index (χ4v) is 2.44. The van der Waals surface area contributed by atoms with Crippen LogP contribution in [0.3, 0.4) is 0 Å². The molecule has 9 heteroatoms. The number of carbonyl (C=O) groups is 2. The van der Waals surface area contributed by atoms with Gasteiger partial charge in [0, 0.05) is 19.1 Å². The normalized spacial score (nSPS) is 15.1. The van der Waals surface area contributed by atoms with Gasteiger partial charge in [-0.05, 0) is 33.6 Å². The van der Waals surface area contributed by atoms with Crippen LogP contribution in [0.15, 0.2) is 6.20 Å². The van der Waals surface area contributed by atoms with E-state index in [0.717, 1.165) is 0 Å². The first-order valence-corrected chi connectivity index (χ1v) is 8.02. The lowest BCUT2D eigenvalue weighted by atomic mass is 10.1. The maximum absolute atomic E-state index is 12.3. The summed E-state index contributed by atoms with van der Waals surface area (Å²) in [5.41, 5.74) is 0.0893. The van der Waals surface area contributed by atoms with Crippen LogP contribution in [-0.4, -0.2) is 56.9 Å². The minimum Gasteiger partial charge on any atom is -0.461 e. The van der Waals surface area contributed by atoms with Gasteiger partial charge in [-0.3, -0.25) is 9.89 Å². The van der Waals surface area contributed by atoms with Crippen LogP contribution >= 0.6 is 0 Å². The second-order valence-corrected chi connectivity index (χ2v) is 6.74. The second kappa shape index (κ2) is 7.79. The maximum atomic E-state index is 12.3. The van der Waals surface area contributed by atoms with Gasteiger partial charge in [-0.15, -0.1) is 0 Å². The highest BCUT2D eigenvalue weighted by molar-refractivity contribution is 5.97. The van der Waals surface area contributed by atoms with Gasteiger partial charge in [0.15, 0.2) is 0 Å². The maximum Gasteiger partial charge on any atom is 0.410 e. The average Bonchev–Trinajstić information content (AvgIpc) is 3.00. The predicted molar refractivity (Wildman–Crippen MR) is 90.2 cm³/mol. The fraction of sp³-hybridized carbons (Fsp3) is 0.562. The molecule has 0 radical (unpaired) electrons. The third-order valence-electron chi connectivity index (χ3n) is 3.60. The van der Waals surface area contributed by atoms with E-state index < -0.39 is 5.60 Å². The number of rotatable bonds is 3. The van der Waals surface area contributed by atoms with Crippen molar-refractivity contribution in [1.29, 1.82) is 0 Å². The number of hydrogen-bond acceptors (Lipinski definition) is 6. The van der Waals surface area contributed by atoms with Crippen molar-refractivity contribution in [3.63, 3.8) is 0 Å². The average molecular weight is 349 g/mol.